The highest BCUT2D eigenvalue weighted by atomic mass is 19.1. The number of hydrogen-bond acceptors (Lipinski definition) is 9. The van der Waals surface area contributed by atoms with Crippen LogP contribution in [0.2, 0.25) is 0 Å². The smallest absolute Gasteiger partial charge is 0.314 e. The molecule has 10 nitrogen and oxygen atoms in total. The van der Waals surface area contributed by atoms with E-state index in [0.717, 1.165) is 25.0 Å². The van der Waals surface area contributed by atoms with E-state index in [0.29, 0.717) is 62.9 Å². The Morgan fingerprint density at radius 1 is 1.07 bits per heavy atom. The van der Waals surface area contributed by atoms with Crippen LogP contribution in [0.3, 0.4) is 0 Å². The molecule has 0 unspecified atom stereocenters. The van der Waals surface area contributed by atoms with E-state index in [4.69, 9.17) is 14.2 Å². The van der Waals surface area contributed by atoms with Crippen molar-refractivity contribution in [3.63, 3.8) is 0 Å². The molecule has 5 rings (SSSR count). The molecule has 0 bridgehead atoms. The van der Waals surface area contributed by atoms with Crippen LogP contribution in [-0.2, 0) is 4.79 Å². The maximum Gasteiger partial charge on any atom is 0.314 e. The van der Waals surface area contributed by atoms with Gasteiger partial charge in [0.25, 0.3) is 5.91 Å². The fraction of sp³-hybridized carbons (Fsp3) is 0.400. The second-order valence-electron chi connectivity index (χ2n) is 10.1. The van der Waals surface area contributed by atoms with Crippen LogP contribution in [0.1, 0.15) is 43.0 Å². The van der Waals surface area contributed by atoms with Gasteiger partial charge in [0.2, 0.25) is 5.75 Å². The van der Waals surface area contributed by atoms with E-state index in [9.17, 15) is 18.4 Å². The van der Waals surface area contributed by atoms with Gasteiger partial charge in [0.15, 0.2) is 29.0 Å². The summed E-state index contributed by atoms with van der Waals surface area (Å²) in [6, 6.07) is 9.17. The monoisotopic (exact) mass is 581 g/mol. The second-order valence-corrected chi connectivity index (χ2v) is 10.1. The van der Waals surface area contributed by atoms with Crippen molar-refractivity contribution in [3.8, 4) is 17.2 Å². The molecular formula is C30H33F2N5O5. The lowest BCUT2D eigenvalue weighted by Crippen LogP contribution is -2.41. The number of halogens is 2. The number of piperidine rings is 2. The molecule has 222 valence electrons. The molecule has 1 atom stereocenters. The van der Waals surface area contributed by atoms with Crippen molar-refractivity contribution in [1.82, 2.24) is 15.3 Å². The fourth-order valence-corrected chi connectivity index (χ4v) is 5.03. The highest BCUT2D eigenvalue weighted by molar-refractivity contribution is 6.03. The predicted molar refractivity (Wildman–Crippen MR) is 151 cm³/mol. The third-order valence-electron chi connectivity index (χ3n) is 7.14. The third kappa shape index (κ3) is 7.11. The van der Waals surface area contributed by atoms with E-state index in [1.165, 1.54) is 6.20 Å². The number of nitrogens with zero attached hydrogens (tertiary/aromatic N) is 3. The summed E-state index contributed by atoms with van der Waals surface area (Å²) in [5, 5.41) is 5.65. The van der Waals surface area contributed by atoms with Gasteiger partial charge >= 0.3 is 5.97 Å². The Morgan fingerprint density at radius 2 is 1.81 bits per heavy atom. The number of carbonyl (C=O) groups is 2. The average molecular weight is 582 g/mol. The Balaban J connectivity index is 1.23. The molecule has 12 heteroatoms. The SMILES string of the molecule is CCOc1ccccc1O[C@@H]1CCCN(c2cncc(NC(=O)c3cc(F)c(OC(=O)C4CCNCC4)c(F)c3)n2)C1. The summed E-state index contributed by atoms with van der Waals surface area (Å²) in [5.74, 6) is -3.03. The molecule has 0 aliphatic carbocycles. The number of hydrogen-bond donors (Lipinski definition) is 2. The fourth-order valence-electron chi connectivity index (χ4n) is 5.03. The van der Waals surface area contributed by atoms with Crippen molar-refractivity contribution in [3.05, 3.63) is 66.0 Å². The van der Waals surface area contributed by atoms with E-state index in [2.05, 4.69) is 20.6 Å². The number of amides is 1. The number of esters is 1. The number of carbonyl (C=O) groups excluding carboxylic acids is 2. The zero-order valence-electron chi connectivity index (χ0n) is 23.3. The Morgan fingerprint density at radius 3 is 2.55 bits per heavy atom. The van der Waals surface area contributed by atoms with Crippen LogP contribution in [0.25, 0.3) is 0 Å². The Hall–Kier alpha value is -4.32. The lowest BCUT2D eigenvalue weighted by Gasteiger charge is -2.33. The van der Waals surface area contributed by atoms with E-state index in [1.54, 1.807) is 6.20 Å². The highest BCUT2D eigenvalue weighted by Gasteiger charge is 2.27. The minimum Gasteiger partial charge on any atom is -0.490 e. The van der Waals surface area contributed by atoms with E-state index in [1.807, 2.05) is 36.1 Å². The lowest BCUT2D eigenvalue weighted by atomic mass is 9.98. The summed E-state index contributed by atoms with van der Waals surface area (Å²) < 4.78 is 46.4. The largest absolute Gasteiger partial charge is 0.490 e. The number of para-hydroxylation sites is 2. The van der Waals surface area contributed by atoms with Crippen molar-refractivity contribution in [1.29, 1.82) is 0 Å². The summed E-state index contributed by atoms with van der Waals surface area (Å²) in [5.41, 5.74) is -0.293. The van der Waals surface area contributed by atoms with Gasteiger partial charge in [-0.1, -0.05) is 12.1 Å². The van der Waals surface area contributed by atoms with Crippen molar-refractivity contribution in [2.75, 3.05) is 43.0 Å². The first-order valence-electron chi connectivity index (χ1n) is 14.1. The molecule has 0 radical (unpaired) electrons. The summed E-state index contributed by atoms with van der Waals surface area (Å²) in [7, 11) is 0. The summed E-state index contributed by atoms with van der Waals surface area (Å²) >= 11 is 0. The van der Waals surface area contributed by atoms with Crippen LogP contribution in [0.5, 0.6) is 17.2 Å². The van der Waals surface area contributed by atoms with Crippen molar-refractivity contribution in [2.45, 2.75) is 38.7 Å². The third-order valence-corrected chi connectivity index (χ3v) is 7.14. The Labute approximate surface area is 242 Å². The number of aromatic nitrogens is 2. The molecule has 2 fully saturated rings. The number of nitrogens with one attached hydrogen (secondary N) is 2. The molecule has 1 aromatic heterocycles. The van der Waals surface area contributed by atoms with Crippen LogP contribution in [-0.4, -0.2) is 60.7 Å². The number of anilines is 2. The first-order valence-corrected chi connectivity index (χ1v) is 14.1. The van der Waals surface area contributed by atoms with Gasteiger partial charge in [0, 0.05) is 12.1 Å². The minimum atomic E-state index is -1.15. The van der Waals surface area contributed by atoms with Gasteiger partial charge in [-0.2, -0.15) is 0 Å². The molecule has 2 aliphatic rings. The van der Waals surface area contributed by atoms with Gasteiger partial charge in [0.1, 0.15) is 11.9 Å². The topological polar surface area (TPSA) is 115 Å². The minimum absolute atomic E-state index is 0.115. The maximum atomic E-state index is 14.7. The van der Waals surface area contributed by atoms with Crippen LogP contribution >= 0.6 is 0 Å². The molecule has 0 saturated carbocycles. The number of rotatable bonds is 9. The molecular weight excluding hydrogens is 548 g/mol. The second kappa shape index (κ2) is 13.6. The van der Waals surface area contributed by atoms with Crippen LogP contribution in [0.4, 0.5) is 20.4 Å². The first kappa shape index (κ1) is 29.2. The standard InChI is InChI=1S/C30H33F2N5O5/c1-2-40-24-7-3-4-8-25(24)41-21-6-5-13-37(18-21)27-17-34-16-26(35-27)36-29(38)20-14-22(31)28(23(32)15-20)42-30(39)19-9-11-33-12-10-19/h3-4,7-8,14-17,19,21,33H,2,5-6,9-13,18H2,1H3,(H,35,36,38)/t21-/m1/s1. The predicted octanol–water partition coefficient (Wildman–Crippen LogP) is 4.36. The molecule has 2 aromatic carbocycles. The molecule has 42 heavy (non-hydrogen) atoms. The zero-order chi connectivity index (χ0) is 29.5. The van der Waals surface area contributed by atoms with Crippen LogP contribution < -0.4 is 29.7 Å². The lowest BCUT2D eigenvalue weighted by molar-refractivity contribution is -0.140. The van der Waals surface area contributed by atoms with Crippen molar-refractivity contribution < 1.29 is 32.6 Å². The number of benzene rings is 2. The van der Waals surface area contributed by atoms with Crippen molar-refractivity contribution in [2.24, 2.45) is 5.92 Å². The van der Waals surface area contributed by atoms with Gasteiger partial charge in [-0.15, -0.1) is 0 Å². The van der Waals surface area contributed by atoms with Gasteiger partial charge < -0.3 is 29.7 Å². The Bertz CT molecular complexity index is 1400. The molecule has 2 N–H and O–H groups in total. The Kier molecular flexibility index (Phi) is 9.42. The molecule has 2 saturated heterocycles. The van der Waals surface area contributed by atoms with Crippen molar-refractivity contribution >= 4 is 23.5 Å². The average Bonchev–Trinajstić information content (AvgIpc) is 3.00. The van der Waals surface area contributed by atoms with E-state index < -0.39 is 35.2 Å². The maximum absolute atomic E-state index is 14.7. The molecule has 0 spiro atoms. The highest BCUT2D eigenvalue weighted by Crippen LogP contribution is 2.30. The normalized spacial score (nSPS) is 17.4. The van der Waals surface area contributed by atoms with E-state index in [-0.39, 0.29) is 17.5 Å². The summed E-state index contributed by atoms with van der Waals surface area (Å²) in [4.78, 5) is 35.9. The molecule has 3 heterocycles. The van der Waals surface area contributed by atoms with Gasteiger partial charge in [0.05, 0.1) is 31.5 Å². The molecule has 2 aliphatic heterocycles. The first-order chi connectivity index (χ1) is 20.4. The molecule has 1 amide bonds. The van der Waals surface area contributed by atoms with Gasteiger partial charge in [-0.25, -0.2) is 13.8 Å². The number of ether oxygens (including phenoxy) is 3. The summed E-state index contributed by atoms with van der Waals surface area (Å²) in [6.45, 7) is 4.96. The van der Waals surface area contributed by atoms with Crippen LogP contribution in [0.15, 0.2) is 48.8 Å². The van der Waals surface area contributed by atoms with Gasteiger partial charge in [-0.05, 0) is 70.0 Å². The molecule has 3 aromatic rings. The van der Waals surface area contributed by atoms with E-state index >= 15 is 0 Å². The zero-order valence-corrected chi connectivity index (χ0v) is 23.3. The van der Waals surface area contributed by atoms with Crippen LogP contribution in [0, 0.1) is 17.6 Å². The van der Waals surface area contributed by atoms with Gasteiger partial charge in [-0.3, -0.25) is 14.6 Å². The quantitative estimate of drug-likeness (QED) is 0.281. The summed E-state index contributed by atoms with van der Waals surface area (Å²) in [6.07, 6.45) is 5.56.